The third kappa shape index (κ3) is 9.75. The summed E-state index contributed by atoms with van der Waals surface area (Å²) in [5.74, 6) is -5.45. The Labute approximate surface area is 180 Å². The number of aliphatic hydroxyl groups excluding tert-OH is 1. The number of carboxylic acids is 2. The van der Waals surface area contributed by atoms with Gasteiger partial charge in [-0.3, -0.25) is 19.2 Å². The number of hydrogen-bond donors (Lipinski definition) is 7. The van der Waals surface area contributed by atoms with Crippen molar-refractivity contribution in [1.29, 1.82) is 0 Å². The Morgan fingerprint density at radius 3 is 1.81 bits per heavy atom. The molecule has 0 aromatic carbocycles. The number of rotatable bonds is 14. The van der Waals surface area contributed by atoms with Crippen molar-refractivity contribution in [2.24, 2.45) is 17.6 Å². The maximum absolute atomic E-state index is 12.8. The molecule has 31 heavy (non-hydrogen) atoms. The molecule has 0 aliphatic carbocycles. The van der Waals surface area contributed by atoms with Gasteiger partial charge in [0, 0.05) is 6.42 Å². The van der Waals surface area contributed by atoms with Crippen molar-refractivity contribution in [2.45, 2.75) is 71.1 Å². The van der Waals surface area contributed by atoms with E-state index in [0.29, 0.717) is 6.42 Å². The van der Waals surface area contributed by atoms with Crippen molar-refractivity contribution in [1.82, 2.24) is 16.0 Å². The Kier molecular flexibility index (Phi) is 12.4. The molecule has 0 rings (SSSR count). The van der Waals surface area contributed by atoms with Crippen LogP contribution in [0.25, 0.3) is 0 Å². The van der Waals surface area contributed by atoms with Crippen LogP contribution < -0.4 is 21.7 Å². The van der Waals surface area contributed by atoms with Crippen LogP contribution in [0.3, 0.4) is 0 Å². The molecule has 0 saturated carbocycles. The van der Waals surface area contributed by atoms with Gasteiger partial charge in [-0.15, -0.1) is 0 Å². The van der Waals surface area contributed by atoms with E-state index in [-0.39, 0.29) is 24.7 Å². The molecule has 5 unspecified atom stereocenters. The summed E-state index contributed by atoms with van der Waals surface area (Å²) in [4.78, 5) is 59.4. The number of nitrogens with one attached hydrogen (secondary N) is 3. The molecular formula is C19H34N4O8. The average Bonchev–Trinajstić information content (AvgIpc) is 2.70. The molecule has 5 atom stereocenters. The van der Waals surface area contributed by atoms with E-state index in [1.54, 1.807) is 27.7 Å². The van der Waals surface area contributed by atoms with E-state index in [4.69, 9.17) is 21.1 Å². The Bertz CT molecular complexity index is 655. The first-order chi connectivity index (χ1) is 14.3. The van der Waals surface area contributed by atoms with Crippen molar-refractivity contribution >= 4 is 29.7 Å². The van der Waals surface area contributed by atoms with Crippen molar-refractivity contribution in [3.05, 3.63) is 0 Å². The summed E-state index contributed by atoms with van der Waals surface area (Å²) in [6.45, 7) is 5.97. The summed E-state index contributed by atoms with van der Waals surface area (Å²) in [5.41, 5.74) is 5.68. The molecule has 8 N–H and O–H groups in total. The molecule has 12 heteroatoms. The van der Waals surface area contributed by atoms with Crippen LogP contribution in [0.5, 0.6) is 0 Å². The summed E-state index contributed by atoms with van der Waals surface area (Å²) >= 11 is 0. The number of aliphatic carboxylic acids is 2. The van der Waals surface area contributed by atoms with Gasteiger partial charge in [-0.25, -0.2) is 4.79 Å². The van der Waals surface area contributed by atoms with E-state index in [1.165, 1.54) is 0 Å². The molecule has 0 aliphatic rings. The first-order valence-corrected chi connectivity index (χ1v) is 10.1. The molecule has 0 spiro atoms. The molecule has 0 aliphatic heterocycles. The third-order valence-corrected chi connectivity index (χ3v) is 4.84. The van der Waals surface area contributed by atoms with Crippen molar-refractivity contribution in [3.63, 3.8) is 0 Å². The second kappa shape index (κ2) is 13.5. The Balaban J connectivity index is 5.36. The Hall–Kier alpha value is -2.73. The lowest BCUT2D eigenvalue weighted by molar-refractivity contribution is -0.144. The molecule has 0 heterocycles. The highest BCUT2D eigenvalue weighted by atomic mass is 16.4. The summed E-state index contributed by atoms with van der Waals surface area (Å²) in [6.07, 6.45) is 0.0657. The lowest BCUT2D eigenvalue weighted by atomic mass is 9.96. The number of nitrogens with two attached hydrogens (primary N) is 1. The molecule has 0 bridgehead atoms. The lowest BCUT2D eigenvalue weighted by Gasteiger charge is -2.29. The smallest absolute Gasteiger partial charge is 0.328 e. The fraction of sp³-hybridized carbons (Fsp3) is 0.737. The van der Waals surface area contributed by atoms with Gasteiger partial charge in [0.05, 0.1) is 12.6 Å². The van der Waals surface area contributed by atoms with Crippen LogP contribution in [0.1, 0.15) is 47.0 Å². The molecule has 0 radical (unpaired) electrons. The third-order valence-electron chi connectivity index (χ3n) is 4.84. The van der Waals surface area contributed by atoms with Crippen molar-refractivity contribution in [3.8, 4) is 0 Å². The van der Waals surface area contributed by atoms with E-state index in [0.717, 1.165) is 0 Å². The Morgan fingerprint density at radius 1 is 0.871 bits per heavy atom. The van der Waals surface area contributed by atoms with Gasteiger partial charge in [-0.05, 0) is 18.3 Å². The lowest BCUT2D eigenvalue weighted by Crippen LogP contribution is -2.60. The van der Waals surface area contributed by atoms with Crippen LogP contribution in [-0.4, -0.2) is 75.8 Å². The van der Waals surface area contributed by atoms with Crippen LogP contribution in [0.15, 0.2) is 0 Å². The maximum atomic E-state index is 12.8. The molecular weight excluding hydrogens is 412 g/mol. The van der Waals surface area contributed by atoms with Crippen LogP contribution in [-0.2, 0) is 24.0 Å². The highest BCUT2D eigenvalue weighted by Crippen LogP contribution is 2.11. The van der Waals surface area contributed by atoms with Gasteiger partial charge in [-0.1, -0.05) is 34.1 Å². The number of carbonyl (C=O) groups is 5. The Morgan fingerprint density at radius 2 is 1.39 bits per heavy atom. The SMILES string of the molecule is CCC(C)C(NC(=O)C(NC(=O)C(N)CCC(=O)O)C(C)C)C(=O)NC(CO)C(=O)O. The number of aliphatic hydroxyl groups is 1. The second-order valence-corrected chi connectivity index (χ2v) is 7.72. The predicted octanol–water partition coefficient (Wildman–Crippen LogP) is -1.59. The second-order valence-electron chi connectivity index (χ2n) is 7.72. The molecule has 12 nitrogen and oxygen atoms in total. The molecule has 178 valence electrons. The van der Waals surface area contributed by atoms with E-state index >= 15 is 0 Å². The number of carboxylic acid groups (broad SMARTS) is 2. The van der Waals surface area contributed by atoms with Gasteiger partial charge in [0.1, 0.15) is 18.1 Å². The molecule has 3 amide bonds. The zero-order chi connectivity index (χ0) is 24.3. The largest absolute Gasteiger partial charge is 0.481 e. The normalized spacial score (nSPS) is 15.8. The van der Waals surface area contributed by atoms with Crippen LogP contribution >= 0.6 is 0 Å². The van der Waals surface area contributed by atoms with Gasteiger partial charge in [0.15, 0.2) is 0 Å². The molecule has 0 aromatic rings. The minimum atomic E-state index is -1.52. The van der Waals surface area contributed by atoms with E-state index in [1.807, 2.05) is 0 Å². The summed E-state index contributed by atoms with van der Waals surface area (Å²) in [7, 11) is 0. The van der Waals surface area contributed by atoms with E-state index in [9.17, 15) is 24.0 Å². The van der Waals surface area contributed by atoms with Crippen molar-refractivity contribution < 1.29 is 39.3 Å². The fourth-order valence-corrected chi connectivity index (χ4v) is 2.60. The van der Waals surface area contributed by atoms with Crippen molar-refractivity contribution in [2.75, 3.05) is 6.61 Å². The van der Waals surface area contributed by atoms with Gasteiger partial charge in [0.2, 0.25) is 17.7 Å². The standard InChI is InChI=1S/C19H34N4O8/c1-5-10(4)15(18(29)21-12(8-24)19(30)31)23-17(28)14(9(2)3)22-16(27)11(20)6-7-13(25)26/h9-12,14-15,24H,5-8,20H2,1-4H3,(H,21,29)(H,22,27)(H,23,28)(H,25,26)(H,30,31). The minimum absolute atomic E-state index is 0.108. The molecule has 0 fully saturated rings. The van der Waals surface area contributed by atoms with Gasteiger partial charge >= 0.3 is 11.9 Å². The molecule has 0 aromatic heterocycles. The zero-order valence-corrected chi connectivity index (χ0v) is 18.3. The monoisotopic (exact) mass is 446 g/mol. The summed E-state index contributed by atoms with van der Waals surface area (Å²) in [5, 5.41) is 34.0. The van der Waals surface area contributed by atoms with Crippen LogP contribution in [0.2, 0.25) is 0 Å². The van der Waals surface area contributed by atoms with Gasteiger partial charge in [-0.2, -0.15) is 0 Å². The van der Waals surface area contributed by atoms with Crippen LogP contribution in [0.4, 0.5) is 0 Å². The quantitative estimate of drug-likeness (QED) is 0.164. The van der Waals surface area contributed by atoms with E-state index in [2.05, 4.69) is 16.0 Å². The first-order valence-electron chi connectivity index (χ1n) is 10.1. The summed E-state index contributed by atoms with van der Waals surface area (Å²) in [6, 6.07) is -4.82. The summed E-state index contributed by atoms with van der Waals surface area (Å²) < 4.78 is 0. The number of carbonyl (C=O) groups excluding carboxylic acids is 3. The highest BCUT2D eigenvalue weighted by Gasteiger charge is 2.33. The maximum Gasteiger partial charge on any atom is 0.328 e. The minimum Gasteiger partial charge on any atom is -0.481 e. The number of amides is 3. The van der Waals surface area contributed by atoms with E-state index < -0.39 is 60.4 Å². The van der Waals surface area contributed by atoms with Gasteiger partial charge in [0.25, 0.3) is 0 Å². The average molecular weight is 447 g/mol. The highest BCUT2D eigenvalue weighted by molar-refractivity contribution is 5.94. The van der Waals surface area contributed by atoms with Gasteiger partial charge < -0.3 is 37.0 Å². The first kappa shape index (κ1) is 28.3. The topological polar surface area (TPSA) is 208 Å². The predicted molar refractivity (Wildman–Crippen MR) is 110 cm³/mol. The van der Waals surface area contributed by atoms with Crippen LogP contribution in [0, 0.1) is 11.8 Å². The zero-order valence-electron chi connectivity index (χ0n) is 18.3. The fourth-order valence-electron chi connectivity index (χ4n) is 2.60. The molecule has 0 saturated heterocycles. The number of hydrogen-bond acceptors (Lipinski definition) is 7.